The van der Waals surface area contributed by atoms with Crippen LogP contribution in [-0.4, -0.2) is 46.6 Å². The van der Waals surface area contributed by atoms with Crippen LogP contribution < -0.4 is 5.32 Å². The van der Waals surface area contributed by atoms with Gasteiger partial charge in [0, 0.05) is 17.8 Å². The zero-order valence-electron chi connectivity index (χ0n) is 12.0. The second kappa shape index (κ2) is 7.53. The highest BCUT2D eigenvalue weighted by Crippen LogP contribution is 2.27. The minimum absolute atomic E-state index is 0.000876. The number of nitrogens with zero attached hydrogens (tertiary/aromatic N) is 2. The Morgan fingerprint density at radius 3 is 2.95 bits per heavy atom. The van der Waals surface area contributed by atoms with Gasteiger partial charge in [-0.05, 0) is 31.5 Å². The molecule has 0 saturated carbocycles. The normalized spacial score (nSPS) is 18.9. The summed E-state index contributed by atoms with van der Waals surface area (Å²) in [6.07, 6.45) is 2.92. The zero-order chi connectivity index (χ0) is 16.1. The highest BCUT2D eigenvalue weighted by Gasteiger charge is 2.23. The van der Waals surface area contributed by atoms with Crippen LogP contribution in [-0.2, 0) is 4.79 Å². The van der Waals surface area contributed by atoms with E-state index in [1.807, 2.05) is 4.90 Å². The van der Waals surface area contributed by atoms with E-state index in [0.29, 0.717) is 5.69 Å². The summed E-state index contributed by atoms with van der Waals surface area (Å²) in [5.74, 6) is -0.267. The van der Waals surface area contributed by atoms with Crippen molar-refractivity contribution < 1.29 is 14.8 Å². The third-order valence-corrected chi connectivity index (χ3v) is 4.05. The van der Waals surface area contributed by atoms with Crippen molar-refractivity contribution in [3.8, 4) is 0 Å². The van der Waals surface area contributed by atoms with E-state index in [-0.39, 0.29) is 35.8 Å². The van der Waals surface area contributed by atoms with E-state index in [2.05, 4.69) is 5.32 Å². The molecule has 1 atom stereocenters. The summed E-state index contributed by atoms with van der Waals surface area (Å²) < 4.78 is 0. The third-order valence-electron chi connectivity index (χ3n) is 3.73. The largest absolute Gasteiger partial charge is 0.395 e. The van der Waals surface area contributed by atoms with E-state index in [1.165, 1.54) is 18.2 Å². The molecule has 2 rings (SSSR count). The number of aliphatic hydroxyl groups is 1. The van der Waals surface area contributed by atoms with Gasteiger partial charge in [-0.3, -0.25) is 19.8 Å². The first-order valence-electron chi connectivity index (χ1n) is 7.10. The fraction of sp³-hybridized carbons (Fsp3) is 0.500. The summed E-state index contributed by atoms with van der Waals surface area (Å²) in [5, 5.41) is 22.8. The number of carbonyl (C=O) groups is 1. The molecule has 7 nitrogen and oxygen atoms in total. The van der Waals surface area contributed by atoms with Crippen molar-refractivity contribution in [2.75, 3.05) is 25.0 Å². The fourth-order valence-electron chi connectivity index (χ4n) is 2.59. The summed E-state index contributed by atoms with van der Waals surface area (Å²) in [4.78, 5) is 24.2. The quantitative estimate of drug-likeness (QED) is 0.637. The van der Waals surface area contributed by atoms with Crippen LogP contribution in [0, 0.1) is 10.1 Å². The van der Waals surface area contributed by atoms with Gasteiger partial charge in [0.1, 0.15) is 5.02 Å². The predicted octanol–water partition coefficient (Wildman–Crippen LogP) is 2.03. The van der Waals surface area contributed by atoms with Gasteiger partial charge in [-0.1, -0.05) is 18.0 Å². The van der Waals surface area contributed by atoms with Crippen LogP contribution in [0.25, 0.3) is 0 Å². The molecule has 8 heteroatoms. The molecule has 22 heavy (non-hydrogen) atoms. The summed E-state index contributed by atoms with van der Waals surface area (Å²) in [7, 11) is 0. The molecule has 1 heterocycles. The summed E-state index contributed by atoms with van der Waals surface area (Å²) in [5.41, 5.74) is 0.0873. The molecule has 1 aliphatic rings. The van der Waals surface area contributed by atoms with E-state index in [0.717, 1.165) is 25.8 Å². The average Bonchev–Trinajstić information content (AvgIpc) is 2.49. The number of benzene rings is 1. The molecule has 1 aromatic carbocycles. The number of carbonyl (C=O) groups excluding carboxylic acids is 1. The minimum Gasteiger partial charge on any atom is -0.395 e. The highest BCUT2D eigenvalue weighted by molar-refractivity contribution is 6.32. The van der Waals surface area contributed by atoms with Crippen LogP contribution in [0.1, 0.15) is 19.3 Å². The molecule has 0 aliphatic carbocycles. The monoisotopic (exact) mass is 327 g/mol. The smallest absolute Gasteiger partial charge is 0.289 e. The third kappa shape index (κ3) is 4.16. The molecule has 1 unspecified atom stereocenters. The molecule has 0 bridgehead atoms. The Labute approximate surface area is 133 Å². The van der Waals surface area contributed by atoms with E-state index < -0.39 is 4.92 Å². The number of nitro benzene ring substituents is 1. The number of halogens is 1. The first-order valence-corrected chi connectivity index (χ1v) is 7.47. The lowest BCUT2D eigenvalue weighted by Gasteiger charge is -2.33. The van der Waals surface area contributed by atoms with Gasteiger partial charge >= 0.3 is 0 Å². The molecule has 1 fully saturated rings. The summed E-state index contributed by atoms with van der Waals surface area (Å²) >= 11 is 5.73. The first kappa shape index (κ1) is 16.7. The molecule has 1 saturated heterocycles. The molecule has 1 aliphatic heterocycles. The highest BCUT2D eigenvalue weighted by atomic mass is 35.5. The fourth-order valence-corrected chi connectivity index (χ4v) is 2.78. The minimum atomic E-state index is -0.593. The number of hydrogen-bond acceptors (Lipinski definition) is 5. The van der Waals surface area contributed by atoms with Gasteiger partial charge in [0.05, 0.1) is 18.1 Å². The van der Waals surface area contributed by atoms with Crippen molar-refractivity contribution >= 4 is 28.9 Å². The lowest BCUT2D eigenvalue weighted by atomic mass is 10.0. The second-order valence-electron chi connectivity index (χ2n) is 5.27. The topological polar surface area (TPSA) is 95.7 Å². The second-order valence-corrected chi connectivity index (χ2v) is 5.68. The lowest BCUT2D eigenvalue weighted by Crippen LogP contribution is -2.45. The molecule has 2 N–H and O–H groups in total. The maximum absolute atomic E-state index is 12.1. The molecular formula is C14H18ClN3O4. The molecule has 0 aromatic heterocycles. The van der Waals surface area contributed by atoms with E-state index >= 15 is 0 Å². The standard InChI is InChI=1S/C14H18ClN3O4/c15-12-5-4-10(7-13(12)18(21)22)16-14(20)8-17-6-2-1-3-11(17)9-19/h4-5,7,11,19H,1-3,6,8-9H2,(H,16,20). The maximum atomic E-state index is 12.1. The van der Waals surface area contributed by atoms with Crippen molar-refractivity contribution in [1.82, 2.24) is 4.90 Å². The lowest BCUT2D eigenvalue weighted by molar-refractivity contribution is -0.384. The van der Waals surface area contributed by atoms with Gasteiger partial charge in [-0.2, -0.15) is 0 Å². The number of aliphatic hydroxyl groups excluding tert-OH is 1. The Kier molecular flexibility index (Phi) is 5.70. The molecule has 1 amide bonds. The molecule has 120 valence electrons. The van der Waals surface area contributed by atoms with Gasteiger partial charge in [0.15, 0.2) is 0 Å². The maximum Gasteiger partial charge on any atom is 0.289 e. The van der Waals surface area contributed by atoms with E-state index in [9.17, 15) is 20.0 Å². The molecular weight excluding hydrogens is 310 g/mol. The van der Waals surface area contributed by atoms with Crippen LogP contribution in [0.3, 0.4) is 0 Å². The van der Waals surface area contributed by atoms with Crippen LogP contribution >= 0.6 is 11.6 Å². The molecule has 1 aromatic rings. The Morgan fingerprint density at radius 1 is 1.50 bits per heavy atom. The first-order chi connectivity index (χ1) is 10.5. The number of anilines is 1. The van der Waals surface area contributed by atoms with Gasteiger partial charge in [-0.25, -0.2) is 0 Å². The van der Waals surface area contributed by atoms with Crippen molar-refractivity contribution in [1.29, 1.82) is 0 Å². The van der Waals surface area contributed by atoms with Crippen LogP contribution in [0.15, 0.2) is 18.2 Å². The SMILES string of the molecule is O=C(CN1CCCCC1CO)Nc1ccc(Cl)c([N+](=O)[O-])c1. The number of likely N-dealkylation sites (tertiary alicyclic amines) is 1. The van der Waals surface area contributed by atoms with E-state index in [4.69, 9.17) is 11.6 Å². The number of amides is 1. The number of rotatable bonds is 5. The Hall–Kier alpha value is -1.70. The van der Waals surface area contributed by atoms with Crippen molar-refractivity contribution in [3.05, 3.63) is 33.3 Å². The van der Waals surface area contributed by atoms with Crippen LogP contribution in [0.4, 0.5) is 11.4 Å². The van der Waals surface area contributed by atoms with Gasteiger partial charge in [-0.15, -0.1) is 0 Å². The van der Waals surface area contributed by atoms with Crippen LogP contribution in [0.2, 0.25) is 5.02 Å². The Bertz CT molecular complexity index is 567. The van der Waals surface area contributed by atoms with Crippen molar-refractivity contribution in [2.24, 2.45) is 0 Å². The number of hydrogen-bond donors (Lipinski definition) is 2. The van der Waals surface area contributed by atoms with Crippen LogP contribution in [0.5, 0.6) is 0 Å². The van der Waals surface area contributed by atoms with Gasteiger partial charge in [0.25, 0.3) is 5.69 Å². The van der Waals surface area contributed by atoms with Gasteiger partial charge in [0.2, 0.25) is 5.91 Å². The van der Waals surface area contributed by atoms with E-state index in [1.54, 1.807) is 0 Å². The number of piperidine rings is 1. The van der Waals surface area contributed by atoms with Gasteiger partial charge < -0.3 is 10.4 Å². The van der Waals surface area contributed by atoms with Crippen molar-refractivity contribution in [3.63, 3.8) is 0 Å². The molecule has 0 spiro atoms. The predicted molar refractivity (Wildman–Crippen MR) is 83.0 cm³/mol. The Balaban J connectivity index is 1.99. The van der Waals surface area contributed by atoms with Crippen molar-refractivity contribution in [2.45, 2.75) is 25.3 Å². The number of nitrogens with one attached hydrogen (secondary N) is 1. The Morgan fingerprint density at radius 2 is 2.27 bits per heavy atom. The summed E-state index contributed by atoms with van der Waals surface area (Å²) in [6.45, 7) is 0.945. The number of nitro groups is 1. The summed E-state index contributed by atoms with van der Waals surface area (Å²) in [6, 6.07) is 4.14. The average molecular weight is 328 g/mol. The molecule has 0 radical (unpaired) electrons. The zero-order valence-corrected chi connectivity index (χ0v) is 12.8.